The number of methoxy groups -OCH3 is 2. The molecule has 8 nitrogen and oxygen atoms in total. The molecule has 1 aliphatic heterocycles. The molecular weight excluding hydrogens is 404 g/mol. The van der Waals surface area contributed by atoms with Crippen LogP contribution in [0.3, 0.4) is 0 Å². The number of ether oxygens (including phenoxy) is 2. The predicted molar refractivity (Wildman–Crippen MR) is 116 cm³/mol. The van der Waals surface area contributed by atoms with Crippen LogP contribution in [0, 0.1) is 5.92 Å². The molecule has 3 heterocycles. The summed E-state index contributed by atoms with van der Waals surface area (Å²) in [6, 6.07) is 7.41. The Morgan fingerprint density at radius 2 is 2.10 bits per heavy atom. The summed E-state index contributed by atoms with van der Waals surface area (Å²) in [7, 11) is 4.90. The minimum atomic E-state index is -0.446. The number of esters is 1. The maximum atomic E-state index is 12.7. The van der Waals surface area contributed by atoms with E-state index >= 15 is 0 Å². The van der Waals surface area contributed by atoms with Gasteiger partial charge in [-0.2, -0.15) is 0 Å². The van der Waals surface area contributed by atoms with Gasteiger partial charge in [-0.1, -0.05) is 0 Å². The Bertz CT molecular complexity index is 1090. The number of thiophene rings is 1. The molecule has 1 atom stereocenters. The highest BCUT2D eigenvalue weighted by atomic mass is 32.1. The lowest BCUT2D eigenvalue weighted by atomic mass is 9.97. The average molecular weight is 429 g/mol. The SMILES string of the molecule is COC(=O)c1sc(-n2cnc3ccc(NC(=O)C4CCCN(C)C4)cc32)cc1OC. The molecule has 2 aromatic heterocycles. The molecule has 1 saturated heterocycles. The fraction of sp³-hybridized carbons (Fsp3) is 0.381. The quantitative estimate of drug-likeness (QED) is 0.629. The normalized spacial score (nSPS) is 17.1. The first-order valence-electron chi connectivity index (χ1n) is 9.73. The van der Waals surface area contributed by atoms with Crippen molar-refractivity contribution in [3.63, 3.8) is 0 Å². The van der Waals surface area contributed by atoms with Gasteiger partial charge in [0.2, 0.25) is 5.91 Å². The van der Waals surface area contributed by atoms with Crippen molar-refractivity contribution in [2.75, 3.05) is 39.7 Å². The minimum absolute atomic E-state index is 0.00599. The van der Waals surface area contributed by atoms with Gasteiger partial charge in [-0.3, -0.25) is 9.36 Å². The number of anilines is 1. The molecule has 1 unspecified atom stereocenters. The molecule has 9 heteroatoms. The highest BCUT2D eigenvalue weighted by Gasteiger charge is 2.24. The molecule has 0 spiro atoms. The zero-order chi connectivity index (χ0) is 21.3. The van der Waals surface area contributed by atoms with Crippen LogP contribution in [-0.4, -0.2) is 60.7 Å². The molecule has 3 aromatic rings. The number of fused-ring (bicyclic) bond motifs is 1. The van der Waals surface area contributed by atoms with Crippen molar-refractivity contribution in [3.05, 3.63) is 35.5 Å². The number of amides is 1. The summed E-state index contributed by atoms with van der Waals surface area (Å²) in [5.41, 5.74) is 2.34. The number of aromatic nitrogens is 2. The number of hydrogen-bond acceptors (Lipinski definition) is 7. The number of rotatable bonds is 5. The fourth-order valence-electron chi connectivity index (χ4n) is 3.75. The van der Waals surface area contributed by atoms with Crippen LogP contribution in [0.5, 0.6) is 5.75 Å². The standard InChI is InChI=1S/C21H24N4O4S/c1-24-8-4-5-13(11-24)20(26)23-14-6-7-15-16(9-14)25(12-22-15)18-10-17(28-2)19(30-18)21(27)29-3/h6-7,9-10,12-13H,4-5,8,11H2,1-3H3,(H,23,26). The smallest absolute Gasteiger partial charge is 0.351 e. The maximum Gasteiger partial charge on any atom is 0.351 e. The third-order valence-electron chi connectivity index (χ3n) is 5.32. The van der Waals surface area contributed by atoms with Gasteiger partial charge in [-0.05, 0) is 44.6 Å². The second-order valence-corrected chi connectivity index (χ2v) is 8.41. The monoisotopic (exact) mass is 428 g/mol. The van der Waals surface area contributed by atoms with E-state index in [4.69, 9.17) is 9.47 Å². The van der Waals surface area contributed by atoms with E-state index in [2.05, 4.69) is 15.2 Å². The largest absolute Gasteiger partial charge is 0.495 e. The van der Waals surface area contributed by atoms with Crippen LogP contribution in [0.4, 0.5) is 5.69 Å². The van der Waals surface area contributed by atoms with E-state index in [9.17, 15) is 9.59 Å². The predicted octanol–water partition coefficient (Wildman–Crippen LogP) is 3.16. The lowest BCUT2D eigenvalue weighted by Gasteiger charge is -2.28. The Morgan fingerprint density at radius 1 is 1.27 bits per heavy atom. The Morgan fingerprint density at radius 3 is 2.83 bits per heavy atom. The number of likely N-dealkylation sites (tertiary alicyclic amines) is 1. The lowest BCUT2D eigenvalue weighted by Crippen LogP contribution is -2.38. The van der Waals surface area contributed by atoms with E-state index in [0.29, 0.717) is 10.6 Å². The van der Waals surface area contributed by atoms with Gasteiger partial charge in [0, 0.05) is 18.3 Å². The Kier molecular flexibility index (Phi) is 5.74. The van der Waals surface area contributed by atoms with Crippen molar-refractivity contribution in [2.24, 2.45) is 5.92 Å². The number of hydrogen-bond donors (Lipinski definition) is 1. The number of benzene rings is 1. The number of imidazole rings is 1. The van der Waals surface area contributed by atoms with Crippen LogP contribution in [0.25, 0.3) is 16.0 Å². The highest BCUT2D eigenvalue weighted by molar-refractivity contribution is 7.16. The van der Waals surface area contributed by atoms with E-state index < -0.39 is 5.97 Å². The fourth-order valence-corrected chi connectivity index (χ4v) is 4.78. The second kappa shape index (κ2) is 8.45. The molecule has 158 valence electrons. The molecule has 0 radical (unpaired) electrons. The molecule has 1 N–H and O–H groups in total. The summed E-state index contributed by atoms with van der Waals surface area (Å²) in [5, 5.41) is 3.82. The van der Waals surface area contributed by atoms with Crippen molar-refractivity contribution in [3.8, 4) is 10.8 Å². The zero-order valence-corrected chi connectivity index (χ0v) is 18.0. The maximum absolute atomic E-state index is 12.7. The van der Waals surface area contributed by atoms with Gasteiger partial charge in [0.1, 0.15) is 17.1 Å². The molecule has 1 aromatic carbocycles. The average Bonchev–Trinajstić information content (AvgIpc) is 3.36. The van der Waals surface area contributed by atoms with E-state index in [1.165, 1.54) is 25.6 Å². The van der Waals surface area contributed by atoms with Crippen molar-refractivity contribution < 1.29 is 19.1 Å². The Balaban J connectivity index is 1.63. The molecular formula is C21H24N4O4S. The zero-order valence-electron chi connectivity index (χ0n) is 17.2. The number of nitrogens with one attached hydrogen (secondary N) is 1. The summed E-state index contributed by atoms with van der Waals surface area (Å²) in [5.74, 6) is 0.0405. The van der Waals surface area contributed by atoms with Gasteiger partial charge in [-0.15, -0.1) is 11.3 Å². The van der Waals surface area contributed by atoms with Crippen molar-refractivity contribution in [1.29, 1.82) is 0 Å². The van der Waals surface area contributed by atoms with Crippen LogP contribution in [0.15, 0.2) is 30.6 Å². The second-order valence-electron chi connectivity index (χ2n) is 7.38. The third kappa shape index (κ3) is 3.90. The van der Waals surface area contributed by atoms with Crippen LogP contribution in [0.1, 0.15) is 22.5 Å². The third-order valence-corrected chi connectivity index (χ3v) is 6.42. The molecule has 0 bridgehead atoms. The molecule has 1 aliphatic rings. The number of nitrogens with zero attached hydrogens (tertiary/aromatic N) is 3. The molecule has 4 rings (SSSR count). The van der Waals surface area contributed by atoms with Gasteiger partial charge in [0.25, 0.3) is 0 Å². The lowest BCUT2D eigenvalue weighted by molar-refractivity contribution is -0.121. The summed E-state index contributed by atoms with van der Waals surface area (Å²) in [4.78, 5) is 31.8. The van der Waals surface area contributed by atoms with Crippen molar-refractivity contribution in [1.82, 2.24) is 14.5 Å². The van der Waals surface area contributed by atoms with Crippen LogP contribution in [0.2, 0.25) is 0 Å². The highest BCUT2D eigenvalue weighted by Crippen LogP contribution is 2.34. The first-order chi connectivity index (χ1) is 14.5. The Labute approximate surface area is 178 Å². The molecule has 30 heavy (non-hydrogen) atoms. The molecule has 0 saturated carbocycles. The molecule has 0 aliphatic carbocycles. The summed E-state index contributed by atoms with van der Waals surface area (Å²) < 4.78 is 12.0. The van der Waals surface area contributed by atoms with Crippen LogP contribution >= 0.6 is 11.3 Å². The van der Waals surface area contributed by atoms with Gasteiger partial charge in [0.05, 0.1) is 31.2 Å². The first kappa shape index (κ1) is 20.4. The van der Waals surface area contributed by atoms with Crippen LogP contribution in [-0.2, 0) is 9.53 Å². The van der Waals surface area contributed by atoms with E-state index in [-0.39, 0.29) is 11.8 Å². The van der Waals surface area contributed by atoms with Gasteiger partial charge >= 0.3 is 5.97 Å². The van der Waals surface area contributed by atoms with E-state index in [1.54, 1.807) is 12.4 Å². The van der Waals surface area contributed by atoms with Crippen molar-refractivity contribution >= 4 is 39.9 Å². The van der Waals surface area contributed by atoms with Gasteiger partial charge < -0.3 is 19.7 Å². The summed E-state index contributed by atoms with van der Waals surface area (Å²) in [6.07, 6.45) is 3.63. The van der Waals surface area contributed by atoms with Crippen molar-refractivity contribution in [2.45, 2.75) is 12.8 Å². The van der Waals surface area contributed by atoms with E-state index in [1.807, 2.05) is 29.8 Å². The van der Waals surface area contributed by atoms with E-state index in [0.717, 1.165) is 47.7 Å². The minimum Gasteiger partial charge on any atom is -0.495 e. The Hall–Kier alpha value is -2.91. The molecule has 1 fully saturated rings. The summed E-state index contributed by atoms with van der Waals surface area (Å²) in [6.45, 7) is 1.81. The summed E-state index contributed by atoms with van der Waals surface area (Å²) >= 11 is 1.26. The topological polar surface area (TPSA) is 85.7 Å². The van der Waals surface area contributed by atoms with Gasteiger partial charge in [-0.25, -0.2) is 9.78 Å². The number of piperidine rings is 1. The van der Waals surface area contributed by atoms with Crippen LogP contribution < -0.4 is 10.1 Å². The first-order valence-corrected chi connectivity index (χ1v) is 10.5. The number of carbonyl (C=O) groups is 2. The van der Waals surface area contributed by atoms with Gasteiger partial charge in [0.15, 0.2) is 4.88 Å². The number of carbonyl (C=O) groups excluding carboxylic acids is 2. The molecule has 1 amide bonds.